The SMILES string of the molecule is COC(OC)([SiH2]C)SSC(OC)(OC)[SiH2]C. The topological polar surface area (TPSA) is 36.9 Å². The highest BCUT2D eigenvalue weighted by Crippen LogP contribution is 2.44. The zero-order valence-corrected chi connectivity index (χ0v) is 15.3. The minimum absolute atomic E-state index is 0.469. The summed E-state index contributed by atoms with van der Waals surface area (Å²) in [5.41, 5.74) is 0. The molecule has 0 heterocycles. The van der Waals surface area contributed by atoms with Crippen LogP contribution in [-0.4, -0.2) is 57.0 Å². The first-order chi connectivity index (χ1) is 7.57. The van der Waals surface area contributed by atoms with Crippen LogP contribution in [0.5, 0.6) is 0 Å². The van der Waals surface area contributed by atoms with Crippen LogP contribution in [0.1, 0.15) is 0 Å². The summed E-state index contributed by atoms with van der Waals surface area (Å²) >= 11 is 0. The quantitative estimate of drug-likeness (QED) is 0.353. The molecule has 0 amide bonds. The van der Waals surface area contributed by atoms with Crippen LogP contribution in [0.2, 0.25) is 13.1 Å². The lowest BCUT2D eigenvalue weighted by molar-refractivity contribution is -0.0758. The monoisotopic (exact) mass is 302 g/mol. The molecule has 0 aliphatic heterocycles. The lowest BCUT2D eigenvalue weighted by Gasteiger charge is -2.34. The van der Waals surface area contributed by atoms with Crippen molar-refractivity contribution in [1.82, 2.24) is 0 Å². The van der Waals surface area contributed by atoms with Gasteiger partial charge < -0.3 is 18.9 Å². The van der Waals surface area contributed by atoms with Crippen molar-refractivity contribution in [3.63, 3.8) is 0 Å². The fraction of sp³-hybridized carbons (Fsp3) is 1.00. The third kappa shape index (κ3) is 4.33. The van der Waals surface area contributed by atoms with Crippen molar-refractivity contribution < 1.29 is 18.9 Å². The highest BCUT2D eigenvalue weighted by atomic mass is 33.1. The third-order valence-electron chi connectivity index (χ3n) is 2.41. The van der Waals surface area contributed by atoms with E-state index in [0.717, 1.165) is 0 Å². The average Bonchev–Trinajstić information content (AvgIpc) is 2.37. The summed E-state index contributed by atoms with van der Waals surface area (Å²) in [4.78, 5) is 0. The molecule has 0 radical (unpaired) electrons. The van der Waals surface area contributed by atoms with Crippen LogP contribution >= 0.6 is 21.6 Å². The molecule has 0 bridgehead atoms. The Kier molecular flexibility index (Phi) is 8.64. The van der Waals surface area contributed by atoms with E-state index in [9.17, 15) is 0 Å². The van der Waals surface area contributed by atoms with Crippen LogP contribution in [0, 0.1) is 0 Å². The van der Waals surface area contributed by atoms with Gasteiger partial charge in [0.05, 0.1) is 0 Å². The molecule has 4 nitrogen and oxygen atoms in total. The molecular formula is C8H22O4S2Si2. The van der Waals surface area contributed by atoms with E-state index in [4.69, 9.17) is 18.9 Å². The molecule has 0 N–H and O–H groups in total. The highest BCUT2D eigenvalue weighted by Gasteiger charge is 2.36. The van der Waals surface area contributed by atoms with Gasteiger partial charge in [-0.2, -0.15) is 0 Å². The fourth-order valence-electron chi connectivity index (χ4n) is 1.12. The van der Waals surface area contributed by atoms with Crippen molar-refractivity contribution in [2.75, 3.05) is 28.4 Å². The fourth-order valence-corrected chi connectivity index (χ4v) is 8.51. The summed E-state index contributed by atoms with van der Waals surface area (Å²) in [6.07, 6.45) is 0. The van der Waals surface area contributed by atoms with E-state index < -0.39 is 28.5 Å². The van der Waals surface area contributed by atoms with Crippen molar-refractivity contribution in [2.24, 2.45) is 0 Å². The largest absolute Gasteiger partial charge is 0.348 e. The molecule has 0 aromatic rings. The molecule has 0 aromatic carbocycles. The first kappa shape index (κ1) is 17.0. The number of hydrogen-bond donors (Lipinski definition) is 0. The Morgan fingerprint density at radius 1 is 0.688 bits per heavy atom. The summed E-state index contributed by atoms with van der Waals surface area (Å²) in [6, 6.07) is 0. The van der Waals surface area contributed by atoms with E-state index in [0.29, 0.717) is 0 Å². The minimum Gasteiger partial charge on any atom is -0.348 e. The van der Waals surface area contributed by atoms with Gasteiger partial charge in [-0.05, 0) is 21.6 Å². The van der Waals surface area contributed by atoms with E-state index >= 15 is 0 Å². The molecule has 0 rings (SSSR count). The van der Waals surface area contributed by atoms with Gasteiger partial charge in [0.15, 0.2) is 9.48 Å². The first-order valence-electron chi connectivity index (χ1n) is 5.15. The predicted molar refractivity (Wildman–Crippen MR) is 77.5 cm³/mol. The summed E-state index contributed by atoms with van der Waals surface area (Å²) < 4.78 is 20.8. The molecule has 0 saturated carbocycles. The van der Waals surface area contributed by atoms with Gasteiger partial charge in [0.25, 0.3) is 0 Å². The molecular weight excluding hydrogens is 280 g/mol. The smallest absolute Gasteiger partial charge is 0.199 e. The van der Waals surface area contributed by atoms with Gasteiger partial charge in [0.2, 0.25) is 0 Å². The van der Waals surface area contributed by atoms with Crippen molar-refractivity contribution in [3.05, 3.63) is 0 Å². The second-order valence-corrected chi connectivity index (χ2v) is 9.93. The van der Waals surface area contributed by atoms with Gasteiger partial charge in [-0.25, -0.2) is 0 Å². The molecule has 0 fully saturated rings. The minimum atomic E-state index is -0.490. The second kappa shape index (κ2) is 8.14. The Morgan fingerprint density at radius 3 is 1.06 bits per heavy atom. The van der Waals surface area contributed by atoms with Crippen molar-refractivity contribution in [3.8, 4) is 0 Å². The molecule has 16 heavy (non-hydrogen) atoms. The molecule has 0 spiro atoms. The molecule has 0 aromatic heterocycles. The van der Waals surface area contributed by atoms with Crippen LogP contribution in [0.3, 0.4) is 0 Å². The average molecular weight is 303 g/mol. The Balaban J connectivity index is 4.48. The standard InChI is InChI=1S/C8H22O4S2Si2/c1-9-7(10-2,15-5)13-14-8(11-3,12-4)16-6/h15-16H2,1-6H3. The van der Waals surface area contributed by atoms with Gasteiger partial charge in [0.1, 0.15) is 19.0 Å². The lowest BCUT2D eigenvalue weighted by Crippen LogP contribution is -2.39. The zero-order chi connectivity index (χ0) is 12.7. The Labute approximate surface area is 111 Å². The van der Waals surface area contributed by atoms with Crippen molar-refractivity contribution in [1.29, 1.82) is 0 Å². The summed E-state index contributed by atoms with van der Waals surface area (Å²) in [7, 11) is 8.91. The summed E-state index contributed by atoms with van der Waals surface area (Å²) in [5, 5.41) is 0. The third-order valence-corrected chi connectivity index (χ3v) is 12.2. The van der Waals surface area contributed by atoms with E-state index in [1.807, 2.05) is 0 Å². The Bertz CT molecular complexity index is 152. The van der Waals surface area contributed by atoms with Crippen LogP contribution < -0.4 is 0 Å². The molecule has 98 valence electrons. The molecule has 0 atom stereocenters. The van der Waals surface area contributed by atoms with Gasteiger partial charge in [-0.15, -0.1) is 0 Å². The molecule has 0 aliphatic rings. The van der Waals surface area contributed by atoms with Crippen LogP contribution in [0.25, 0.3) is 0 Å². The van der Waals surface area contributed by atoms with Gasteiger partial charge in [-0.1, -0.05) is 13.1 Å². The van der Waals surface area contributed by atoms with Crippen molar-refractivity contribution >= 4 is 40.6 Å². The number of rotatable bonds is 9. The Morgan fingerprint density at radius 2 is 0.938 bits per heavy atom. The molecule has 0 unspecified atom stereocenters. The van der Waals surface area contributed by atoms with E-state index in [-0.39, 0.29) is 0 Å². The first-order valence-corrected chi connectivity index (χ1v) is 11.5. The van der Waals surface area contributed by atoms with E-state index in [2.05, 4.69) is 13.1 Å². The normalized spacial score (nSPS) is 14.6. The predicted octanol–water partition coefficient (Wildman–Crippen LogP) is 0.610. The van der Waals surface area contributed by atoms with Gasteiger partial charge >= 0.3 is 0 Å². The maximum absolute atomic E-state index is 5.45. The van der Waals surface area contributed by atoms with Crippen LogP contribution in [-0.2, 0) is 18.9 Å². The second-order valence-electron chi connectivity index (χ2n) is 3.06. The number of hydrogen-bond acceptors (Lipinski definition) is 6. The summed E-state index contributed by atoms with van der Waals surface area (Å²) in [5.74, 6) is 0. The molecule has 0 saturated heterocycles. The van der Waals surface area contributed by atoms with Crippen LogP contribution in [0.15, 0.2) is 0 Å². The van der Waals surface area contributed by atoms with Crippen LogP contribution in [0.4, 0.5) is 0 Å². The maximum Gasteiger partial charge on any atom is 0.199 e. The lowest BCUT2D eigenvalue weighted by atomic mass is 11.3. The zero-order valence-electron chi connectivity index (χ0n) is 10.9. The molecule has 0 aliphatic carbocycles. The van der Waals surface area contributed by atoms with E-state index in [1.54, 1.807) is 50.0 Å². The number of methoxy groups -OCH3 is 4. The Hall–Kier alpha value is 0.974. The van der Waals surface area contributed by atoms with Crippen molar-refractivity contribution in [2.45, 2.75) is 22.6 Å². The number of ether oxygens (including phenoxy) is 4. The summed E-state index contributed by atoms with van der Waals surface area (Å²) in [6.45, 7) is 4.32. The molecule has 8 heteroatoms. The highest BCUT2D eigenvalue weighted by molar-refractivity contribution is 8.78. The van der Waals surface area contributed by atoms with Gasteiger partial charge in [0, 0.05) is 28.4 Å². The maximum atomic E-state index is 5.45. The van der Waals surface area contributed by atoms with Gasteiger partial charge in [-0.3, -0.25) is 0 Å². The van der Waals surface area contributed by atoms with E-state index in [1.165, 1.54) is 0 Å².